The van der Waals surface area contributed by atoms with E-state index in [4.69, 9.17) is 5.26 Å². The largest absolute Gasteiger partial charge is 0.242 e. The number of nitriles is 1. The van der Waals surface area contributed by atoms with Crippen molar-refractivity contribution in [1.82, 2.24) is 0 Å². The average molecular weight is 151 g/mol. The zero-order chi connectivity index (χ0) is 8.43. The molecule has 0 N–H and O–H groups in total. The maximum Gasteiger partial charge on any atom is 0.126 e. The van der Waals surface area contributed by atoms with Crippen LogP contribution < -0.4 is 0 Å². The molecule has 0 heterocycles. The van der Waals surface area contributed by atoms with Crippen LogP contribution in [0.2, 0.25) is 0 Å². The highest BCUT2D eigenvalue weighted by Gasteiger charge is 2.17. The zero-order valence-electron chi connectivity index (χ0n) is 6.69. The zero-order valence-corrected chi connectivity index (χ0v) is 6.69. The van der Waals surface area contributed by atoms with E-state index in [2.05, 4.69) is 0 Å². The van der Waals surface area contributed by atoms with Crippen LogP contribution in [0.5, 0.6) is 0 Å². The molecule has 0 spiro atoms. The summed E-state index contributed by atoms with van der Waals surface area (Å²) in [6.45, 7) is 3.52. The van der Waals surface area contributed by atoms with E-state index in [1.807, 2.05) is 13.0 Å². The normalized spacial score (nSPS) is 24.5. The molecule has 0 saturated carbocycles. The third kappa shape index (κ3) is 1.32. The molecule has 0 aliphatic heterocycles. The van der Waals surface area contributed by atoms with Crippen LogP contribution in [0.25, 0.3) is 0 Å². The Kier molecular flexibility index (Phi) is 2.09. The summed E-state index contributed by atoms with van der Waals surface area (Å²) in [5.74, 6) is 0. The molecule has 0 fully saturated rings. The number of alkyl halides is 1. The van der Waals surface area contributed by atoms with Crippen molar-refractivity contribution >= 4 is 0 Å². The van der Waals surface area contributed by atoms with Gasteiger partial charge in [0.2, 0.25) is 0 Å². The number of hydrogen-bond acceptors (Lipinski definition) is 1. The lowest BCUT2D eigenvalue weighted by Crippen LogP contribution is -2.08. The summed E-state index contributed by atoms with van der Waals surface area (Å²) in [4.78, 5) is 0. The lowest BCUT2D eigenvalue weighted by atomic mass is 9.92. The van der Waals surface area contributed by atoms with Crippen LogP contribution in [0.15, 0.2) is 22.8 Å². The van der Waals surface area contributed by atoms with Gasteiger partial charge in [-0.05, 0) is 25.0 Å². The van der Waals surface area contributed by atoms with E-state index in [0.717, 1.165) is 5.57 Å². The molecule has 0 saturated heterocycles. The first-order chi connectivity index (χ1) is 5.16. The van der Waals surface area contributed by atoms with Crippen LogP contribution in [-0.4, -0.2) is 6.17 Å². The monoisotopic (exact) mass is 151 g/mol. The van der Waals surface area contributed by atoms with E-state index in [0.29, 0.717) is 17.6 Å². The van der Waals surface area contributed by atoms with Gasteiger partial charge in [0, 0.05) is 6.42 Å². The third-order valence-electron chi connectivity index (χ3n) is 2.00. The second-order valence-electron chi connectivity index (χ2n) is 2.76. The molecule has 1 unspecified atom stereocenters. The predicted molar refractivity (Wildman–Crippen MR) is 41.6 cm³/mol. The van der Waals surface area contributed by atoms with Gasteiger partial charge in [-0.2, -0.15) is 5.26 Å². The number of hydrogen-bond donors (Lipinski definition) is 0. The molecule has 1 atom stereocenters. The van der Waals surface area contributed by atoms with Crippen LogP contribution in [0.3, 0.4) is 0 Å². The highest BCUT2D eigenvalue weighted by Crippen LogP contribution is 2.26. The lowest BCUT2D eigenvalue weighted by Gasteiger charge is -2.15. The summed E-state index contributed by atoms with van der Waals surface area (Å²) < 4.78 is 12.9. The van der Waals surface area contributed by atoms with Gasteiger partial charge in [0.25, 0.3) is 0 Å². The molecule has 1 aliphatic carbocycles. The molecule has 0 aromatic carbocycles. The molecule has 0 aromatic heterocycles. The van der Waals surface area contributed by atoms with Gasteiger partial charge in [-0.15, -0.1) is 0 Å². The number of allylic oxidation sites excluding steroid dienone is 4. The minimum atomic E-state index is -0.951. The highest BCUT2D eigenvalue weighted by molar-refractivity contribution is 5.47. The van der Waals surface area contributed by atoms with E-state index in [1.54, 1.807) is 13.0 Å². The minimum Gasteiger partial charge on any atom is -0.242 e. The van der Waals surface area contributed by atoms with E-state index in [9.17, 15) is 4.39 Å². The van der Waals surface area contributed by atoms with E-state index in [1.165, 1.54) is 0 Å². The minimum absolute atomic E-state index is 0.419. The summed E-state index contributed by atoms with van der Waals surface area (Å²) in [5, 5.41) is 8.63. The number of rotatable bonds is 0. The Morgan fingerprint density at radius 3 is 2.73 bits per heavy atom. The van der Waals surface area contributed by atoms with Gasteiger partial charge in [0.1, 0.15) is 6.17 Å². The van der Waals surface area contributed by atoms with Gasteiger partial charge in [-0.1, -0.05) is 6.08 Å². The fourth-order valence-corrected chi connectivity index (χ4v) is 1.20. The van der Waals surface area contributed by atoms with Crippen molar-refractivity contribution < 1.29 is 4.39 Å². The molecule has 58 valence electrons. The molecule has 0 bridgehead atoms. The van der Waals surface area contributed by atoms with Gasteiger partial charge in [0.05, 0.1) is 11.6 Å². The van der Waals surface area contributed by atoms with Gasteiger partial charge in [-0.3, -0.25) is 0 Å². The fourth-order valence-electron chi connectivity index (χ4n) is 1.20. The van der Waals surface area contributed by atoms with Crippen molar-refractivity contribution in [3.63, 3.8) is 0 Å². The van der Waals surface area contributed by atoms with Crippen molar-refractivity contribution in [1.29, 1.82) is 5.26 Å². The molecule has 0 radical (unpaired) electrons. The Balaban J connectivity index is 3.08. The quantitative estimate of drug-likeness (QED) is 0.521. The second kappa shape index (κ2) is 2.87. The Hall–Kier alpha value is -1.10. The van der Waals surface area contributed by atoms with Crippen LogP contribution in [0.4, 0.5) is 4.39 Å². The number of halogens is 1. The van der Waals surface area contributed by atoms with E-state index < -0.39 is 6.17 Å². The number of nitrogens with zero attached hydrogens (tertiary/aromatic N) is 1. The average Bonchev–Trinajstić information content (AvgIpc) is 1.99. The van der Waals surface area contributed by atoms with Gasteiger partial charge in [0.15, 0.2) is 0 Å². The topological polar surface area (TPSA) is 23.8 Å². The van der Waals surface area contributed by atoms with Crippen LogP contribution in [0, 0.1) is 11.3 Å². The Labute approximate surface area is 65.8 Å². The second-order valence-corrected chi connectivity index (χ2v) is 2.76. The van der Waals surface area contributed by atoms with Crippen LogP contribution >= 0.6 is 0 Å². The van der Waals surface area contributed by atoms with Crippen molar-refractivity contribution in [3.8, 4) is 6.07 Å². The fraction of sp³-hybridized carbons (Fsp3) is 0.444. The maximum atomic E-state index is 12.9. The van der Waals surface area contributed by atoms with Crippen molar-refractivity contribution in [2.45, 2.75) is 26.4 Å². The summed E-state index contributed by atoms with van der Waals surface area (Å²) in [5.41, 5.74) is 2.00. The van der Waals surface area contributed by atoms with Crippen molar-refractivity contribution in [3.05, 3.63) is 22.8 Å². The molecular formula is C9H10FN. The Morgan fingerprint density at radius 2 is 2.27 bits per heavy atom. The first kappa shape index (κ1) is 8.00. The Bertz CT molecular complexity index is 268. The highest BCUT2D eigenvalue weighted by atomic mass is 19.1. The molecule has 0 aromatic rings. The van der Waals surface area contributed by atoms with Gasteiger partial charge in [-0.25, -0.2) is 4.39 Å². The predicted octanol–water partition coefficient (Wildman–Crippen LogP) is 2.51. The van der Waals surface area contributed by atoms with E-state index >= 15 is 0 Å². The summed E-state index contributed by atoms with van der Waals surface area (Å²) in [7, 11) is 0. The smallest absolute Gasteiger partial charge is 0.126 e. The summed E-state index contributed by atoms with van der Waals surface area (Å²) in [6, 6.07) is 2.01. The molecule has 2 heteroatoms. The lowest BCUT2D eigenvalue weighted by molar-refractivity contribution is 0.380. The standard InChI is InChI=1S/C9H10FN/c1-6-3-4-9(10)7(2)8(6)5-11/h3,9H,4H2,1-2H3. The van der Waals surface area contributed by atoms with Crippen LogP contribution in [0.1, 0.15) is 20.3 Å². The SMILES string of the molecule is CC1=CCC(F)C(C)=C1C#N. The maximum absolute atomic E-state index is 12.9. The summed E-state index contributed by atoms with van der Waals surface area (Å²) in [6.07, 6.45) is 1.24. The van der Waals surface area contributed by atoms with Gasteiger partial charge >= 0.3 is 0 Å². The first-order valence-electron chi connectivity index (χ1n) is 3.59. The van der Waals surface area contributed by atoms with Crippen molar-refractivity contribution in [2.75, 3.05) is 0 Å². The van der Waals surface area contributed by atoms with Gasteiger partial charge < -0.3 is 0 Å². The molecule has 1 rings (SSSR count). The molecule has 1 aliphatic rings. The molecular weight excluding hydrogens is 141 g/mol. The van der Waals surface area contributed by atoms with Crippen molar-refractivity contribution in [2.24, 2.45) is 0 Å². The summed E-state index contributed by atoms with van der Waals surface area (Å²) >= 11 is 0. The molecule has 11 heavy (non-hydrogen) atoms. The molecule has 0 amide bonds. The third-order valence-corrected chi connectivity index (χ3v) is 2.00. The first-order valence-corrected chi connectivity index (χ1v) is 3.59. The van der Waals surface area contributed by atoms with E-state index in [-0.39, 0.29) is 0 Å². The Morgan fingerprint density at radius 1 is 1.64 bits per heavy atom. The molecule has 1 nitrogen and oxygen atoms in total. The van der Waals surface area contributed by atoms with Crippen LogP contribution in [-0.2, 0) is 0 Å².